The minimum atomic E-state index is -3.59. The quantitative estimate of drug-likeness (QED) is 0.561. The van der Waals surface area contributed by atoms with Gasteiger partial charge in [-0.25, -0.2) is 13.4 Å². The number of pyridine rings is 1. The van der Waals surface area contributed by atoms with E-state index in [-0.39, 0.29) is 17.1 Å². The number of thiazole rings is 1. The van der Waals surface area contributed by atoms with Crippen molar-refractivity contribution < 1.29 is 26.3 Å². The second-order valence-corrected chi connectivity index (χ2v) is 8.56. The molecular weight excluding hydrogens is 419 g/mol. The fraction of sp³-hybridized carbons (Fsp3) is 0.333. The first-order chi connectivity index (χ1) is 12.8. The largest absolute Gasteiger partial charge is 0.414 e. The zero-order valence-electron chi connectivity index (χ0n) is 14.7. The Morgan fingerprint density at radius 3 is 2.61 bits per heavy atom. The summed E-state index contributed by atoms with van der Waals surface area (Å²) in [6.07, 6.45) is 3.45. The van der Waals surface area contributed by atoms with Crippen molar-refractivity contribution in [3.8, 4) is 10.8 Å². The van der Waals surface area contributed by atoms with Gasteiger partial charge in [0, 0.05) is 6.20 Å². The molecule has 3 aromatic rings. The summed E-state index contributed by atoms with van der Waals surface area (Å²) in [7, 11) is -3.59. The first kappa shape index (κ1) is 21.8. The summed E-state index contributed by atoms with van der Waals surface area (Å²) >= 11 is 1.08. The number of anilines is 1. The Morgan fingerprint density at radius 2 is 2.00 bits per heavy atom. The van der Waals surface area contributed by atoms with Crippen molar-refractivity contribution in [1.29, 1.82) is 0 Å². The highest BCUT2D eigenvalue weighted by Crippen LogP contribution is 2.29. The first-order valence-corrected chi connectivity index (χ1v) is 10.4. The third-order valence-electron chi connectivity index (χ3n) is 3.55. The number of sulfonamides is 1. The van der Waals surface area contributed by atoms with Gasteiger partial charge in [-0.2, -0.15) is 8.78 Å². The van der Waals surface area contributed by atoms with E-state index in [1.807, 2.05) is 6.92 Å². The zero-order valence-corrected chi connectivity index (χ0v) is 16.4. The normalized spacial score (nSPS) is 11.5. The molecule has 0 radical (unpaired) electrons. The van der Waals surface area contributed by atoms with Crippen LogP contribution in [-0.2, 0) is 23.0 Å². The van der Waals surface area contributed by atoms with Crippen molar-refractivity contribution in [2.24, 2.45) is 0 Å². The maximum absolute atomic E-state index is 12.6. The Bertz CT molecular complexity index is 1040. The zero-order chi connectivity index (χ0) is 19.6. The maximum Gasteiger partial charge on any atom is 0.314 e. The molecule has 3 aromatic heterocycles. The average molecular weight is 435 g/mol. The van der Waals surface area contributed by atoms with Gasteiger partial charge in [0.15, 0.2) is 0 Å². The molecule has 0 saturated heterocycles. The van der Waals surface area contributed by atoms with Gasteiger partial charge in [0.05, 0.1) is 30.9 Å². The molecule has 3 heterocycles. The van der Waals surface area contributed by atoms with Gasteiger partial charge in [-0.1, -0.05) is 6.92 Å². The fourth-order valence-corrected chi connectivity index (χ4v) is 3.98. The Kier molecular flexibility index (Phi) is 6.72. The molecule has 0 aromatic carbocycles. The lowest BCUT2D eigenvalue weighted by Gasteiger charge is -2.21. The summed E-state index contributed by atoms with van der Waals surface area (Å²) in [5, 5.41) is 7.27. The number of halogens is 3. The third-order valence-corrected chi connectivity index (χ3v) is 5.66. The predicted molar refractivity (Wildman–Crippen MR) is 97.5 cm³/mol. The summed E-state index contributed by atoms with van der Waals surface area (Å²) in [4.78, 5) is 8.59. The van der Waals surface area contributed by atoms with E-state index in [0.29, 0.717) is 22.0 Å². The van der Waals surface area contributed by atoms with Gasteiger partial charge in [0.2, 0.25) is 10.0 Å². The standard InChI is InChI=1S/C15H15F2N5O3S2.FH/c1-3-9-4-10(6-18-5-9)22(27(2,23)24)8-12-19-7-11(26-12)14-20-21-15(25-14)13(16)17;/h4-7,13H,3,8H2,1-2H3;1H. The Balaban J connectivity index is 0.00000280. The van der Waals surface area contributed by atoms with Gasteiger partial charge in [-0.05, 0) is 18.1 Å². The summed E-state index contributed by atoms with van der Waals surface area (Å²) in [5.74, 6) is -0.866. The lowest BCUT2D eigenvalue weighted by atomic mass is 10.2. The van der Waals surface area contributed by atoms with Crippen LogP contribution in [0.5, 0.6) is 0 Å². The van der Waals surface area contributed by atoms with Crippen LogP contribution in [0.1, 0.15) is 29.8 Å². The molecule has 28 heavy (non-hydrogen) atoms. The minimum absolute atomic E-state index is 0. The highest BCUT2D eigenvalue weighted by molar-refractivity contribution is 7.92. The smallest absolute Gasteiger partial charge is 0.314 e. The van der Waals surface area contributed by atoms with Gasteiger partial charge in [0.25, 0.3) is 11.8 Å². The number of hydrogen-bond acceptors (Lipinski definition) is 8. The molecule has 0 saturated carbocycles. The molecule has 152 valence electrons. The van der Waals surface area contributed by atoms with E-state index in [1.54, 1.807) is 12.3 Å². The van der Waals surface area contributed by atoms with Crippen LogP contribution in [-0.4, -0.2) is 34.8 Å². The molecule has 0 spiro atoms. The van der Waals surface area contributed by atoms with Gasteiger partial charge >= 0.3 is 6.43 Å². The average Bonchev–Trinajstić information content (AvgIpc) is 3.28. The predicted octanol–water partition coefficient (Wildman–Crippen LogP) is 3.21. The van der Waals surface area contributed by atoms with E-state index in [9.17, 15) is 17.2 Å². The molecule has 0 bridgehead atoms. The van der Waals surface area contributed by atoms with Crippen LogP contribution < -0.4 is 4.31 Å². The molecule has 0 N–H and O–H groups in total. The van der Waals surface area contributed by atoms with Crippen molar-refractivity contribution in [2.45, 2.75) is 26.3 Å². The molecule has 0 aliphatic carbocycles. The molecule has 0 amide bonds. The lowest BCUT2D eigenvalue weighted by Crippen LogP contribution is -2.29. The molecule has 0 atom stereocenters. The molecular formula is C15H16F3N5O3S2. The minimum Gasteiger partial charge on any atom is -0.414 e. The Hall–Kier alpha value is -2.54. The Labute approximate surface area is 162 Å². The van der Waals surface area contributed by atoms with Crippen molar-refractivity contribution in [2.75, 3.05) is 10.6 Å². The van der Waals surface area contributed by atoms with E-state index in [2.05, 4.69) is 20.2 Å². The number of hydrogen-bond donors (Lipinski definition) is 0. The van der Waals surface area contributed by atoms with Crippen LogP contribution in [0.2, 0.25) is 0 Å². The summed E-state index contributed by atoms with van der Waals surface area (Å²) in [6.45, 7) is 1.91. The number of aromatic nitrogens is 4. The van der Waals surface area contributed by atoms with Crippen LogP contribution in [0.4, 0.5) is 19.2 Å². The van der Waals surface area contributed by atoms with Crippen molar-refractivity contribution in [3.63, 3.8) is 0 Å². The highest BCUT2D eigenvalue weighted by atomic mass is 32.2. The van der Waals surface area contributed by atoms with Gasteiger partial charge in [-0.3, -0.25) is 14.0 Å². The molecule has 0 aliphatic heterocycles. The summed E-state index contributed by atoms with van der Waals surface area (Å²) < 4.78 is 55.7. The monoisotopic (exact) mass is 435 g/mol. The van der Waals surface area contributed by atoms with E-state index in [0.717, 1.165) is 23.2 Å². The van der Waals surface area contributed by atoms with Crippen LogP contribution in [0.3, 0.4) is 0 Å². The highest BCUT2D eigenvalue weighted by Gasteiger charge is 2.22. The summed E-state index contributed by atoms with van der Waals surface area (Å²) in [5.41, 5.74) is 1.32. The second-order valence-electron chi connectivity index (χ2n) is 5.54. The molecule has 13 heteroatoms. The van der Waals surface area contributed by atoms with Crippen molar-refractivity contribution in [3.05, 3.63) is 41.1 Å². The van der Waals surface area contributed by atoms with E-state index < -0.39 is 22.3 Å². The summed E-state index contributed by atoms with van der Waals surface area (Å²) in [6, 6.07) is 1.75. The van der Waals surface area contributed by atoms with Gasteiger partial charge in [0.1, 0.15) is 9.88 Å². The molecule has 0 aliphatic rings. The third kappa shape index (κ3) is 4.84. The topological polar surface area (TPSA) is 102 Å². The van der Waals surface area contributed by atoms with Crippen molar-refractivity contribution >= 4 is 27.0 Å². The van der Waals surface area contributed by atoms with E-state index >= 15 is 0 Å². The van der Waals surface area contributed by atoms with Crippen LogP contribution in [0.25, 0.3) is 10.8 Å². The Morgan fingerprint density at radius 1 is 1.25 bits per heavy atom. The van der Waals surface area contributed by atoms with Gasteiger partial charge < -0.3 is 4.42 Å². The maximum atomic E-state index is 12.6. The second kappa shape index (κ2) is 8.65. The molecule has 0 unspecified atom stereocenters. The number of rotatable bonds is 7. The lowest BCUT2D eigenvalue weighted by molar-refractivity contribution is 0.116. The van der Waals surface area contributed by atoms with E-state index in [4.69, 9.17) is 4.42 Å². The van der Waals surface area contributed by atoms with E-state index in [1.165, 1.54) is 16.7 Å². The van der Waals surface area contributed by atoms with Crippen LogP contribution in [0.15, 0.2) is 29.1 Å². The molecule has 8 nitrogen and oxygen atoms in total. The number of nitrogens with zero attached hydrogens (tertiary/aromatic N) is 5. The number of aryl methyl sites for hydroxylation is 1. The van der Waals surface area contributed by atoms with Crippen LogP contribution >= 0.6 is 11.3 Å². The number of alkyl halides is 2. The fourth-order valence-electron chi connectivity index (χ4n) is 2.23. The molecule has 3 rings (SSSR count). The van der Waals surface area contributed by atoms with Crippen LogP contribution in [0, 0.1) is 0 Å². The molecule has 0 fully saturated rings. The van der Waals surface area contributed by atoms with Gasteiger partial charge in [-0.15, -0.1) is 21.5 Å². The van der Waals surface area contributed by atoms with Crippen molar-refractivity contribution in [1.82, 2.24) is 20.2 Å². The SMILES string of the molecule is CCc1cncc(N(Cc2ncc(-c3nnc(C(F)F)o3)s2)S(C)(=O)=O)c1.F. The first-order valence-electron chi connectivity index (χ1n) is 7.76.